The van der Waals surface area contributed by atoms with E-state index in [1.54, 1.807) is 60.7 Å². The number of carbonyl (C=O) groups excluding carboxylic acids is 3. The van der Waals surface area contributed by atoms with Gasteiger partial charge in [-0.15, -0.1) is 0 Å². The Hall–Kier alpha value is -3.69. The van der Waals surface area contributed by atoms with Crippen LogP contribution < -0.4 is 15.5 Å². The molecule has 0 aliphatic carbocycles. The van der Waals surface area contributed by atoms with Gasteiger partial charge in [0.05, 0.1) is 6.61 Å². The van der Waals surface area contributed by atoms with Gasteiger partial charge in [-0.3, -0.25) is 20.1 Å². The number of amides is 3. The van der Waals surface area contributed by atoms with E-state index in [9.17, 15) is 14.4 Å². The molecule has 34 heavy (non-hydrogen) atoms. The minimum Gasteiger partial charge on any atom is -0.491 e. The molecule has 2 rings (SSSR count). The summed E-state index contributed by atoms with van der Waals surface area (Å²) >= 11 is 0. The Kier molecular flexibility index (Phi) is 10.3. The average molecular weight is 471 g/mol. The Labute approximate surface area is 198 Å². The number of nitrogens with one attached hydrogen (secondary N) is 2. The number of hydroxylamine groups is 1. The third kappa shape index (κ3) is 8.34. The highest BCUT2D eigenvalue weighted by molar-refractivity contribution is 6.02. The van der Waals surface area contributed by atoms with Gasteiger partial charge in [0.15, 0.2) is 0 Å². The van der Waals surface area contributed by atoms with Gasteiger partial charge in [0.2, 0.25) is 0 Å². The summed E-state index contributed by atoms with van der Waals surface area (Å²) in [6.07, 6.45) is 2.20. The van der Waals surface area contributed by atoms with Gasteiger partial charge in [-0.2, -0.15) is 0 Å². The summed E-state index contributed by atoms with van der Waals surface area (Å²) < 4.78 is 11.1. The molecule has 0 unspecified atom stereocenters. The molecule has 0 saturated carbocycles. The molecule has 0 spiro atoms. The predicted molar refractivity (Wildman–Crippen MR) is 124 cm³/mol. The van der Waals surface area contributed by atoms with Gasteiger partial charge in [0.1, 0.15) is 18.5 Å². The predicted octanol–water partition coefficient (Wildman–Crippen LogP) is 3.53. The van der Waals surface area contributed by atoms with Gasteiger partial charge in [0, 0.05) is 17.1 Å². The number of ether oxygens (including phenoxy) is 2. The molecule has 2 aromatic carbocycles. The average Bonchev–Trinajstić information content (AvgIpc) is 2.84. The van der Waals surface area contributed by atoms with Crippen LogP contribution in [0.3, 0.4) is 0 Å². The highest BCUT2D eigenvalue weighted by Gasteiger charge is 2.34. The van der Waals surface area contributed by atoms with Crippen molar-refractivity contribution in [1.29, 1.82) is 0 Å². The molecule has 182 valence electrons. The molecule has 0 saturated heterocycles. The zero-order valence-electron chi connectivity index (χ0n) is 19.2. The number of hydrogen-bond acceptors (Lipinski definition) is 7. The van der Waals surface area contributed by atoms with Gasteiger partial charge < -0.3 is 14.6 Å². The Morgan fingerprint density at radius 3 is 2.35 bits per heavy atom. The lowest BCUT2D eigenvalue weighted by Gasteiger charge is -2.34. The van der Waals surface area contributed by atoms with Crippen LogP contribution in [-0.4, -0.2) is 41.4 Å². The number of rotatable bonds is 11. The summed E-state index contributed by atoms with van der Waals surface area (Å²) in [6.45, 7) is 3.85. The molecular weight excluding hydrogens is 440 g/mol. The van der Waals surface area contributed by atoms with Crippen LogP contribution in [0, 0.1) is 5.41 Å². The van der Waals surface area contributed by atoms with E-state index in [0.717, 1.165) is 0 Å². The fraction of sp³-hybridized carbons (Fsp3) is 0.320. The van der Waals surface area contributed by atoms with Gasteiger partial charge in [0.25, 0.3) is 11.8 Å². The molecule has 1 atom stereocenters. The van der Waals surface area contributed by atoms with Crippen molar-refractivity contribution in [3.05, 3.63) is 77.9 Å². The van der Waals surface area contributed by atoms with Crippen molar-refractivity contribution in [2.45, 2.75) is 32.8 Å². The Balaban J connectivity index is 2.18. The summed E-state index contributed by atoms with van der Waals surface area (Å²) in [5, 5.41) is 19.8. The summed E-state index contributed by atoms with van der Waals surface area (Å²) in [7, 11) is 0. The molecule has 9 heteroatoms. The molecule has 9 nitrogen and oxygen atoms in total. The monoisotopic (exact) mass is 470 g/mol. The lowest BCUT2D eigenvalue weighted by molar-refractivity contribution is -0.124. The molecule has 2 aromatic rings. The van der Waals surface area contributed by atoms with Crippen molar-refractivity contribution in [2.24, 2.45) is 5.41 Å². The zero-order valence-corrected chi connectivity index (χ0v) is 19.2. The van der Waals surface area contributed by atoms with E-state index < -0.39 is 29.4 Å². The topological polar surface area (TPSA) is 134 Å². The Bertz CT molecular complexity index is 973. The van der Waals surface area contributed by atoms with Gasteiger partial charge in [-0.25, -0.2) is 10.3 Å². The van der Waals surface area contributed by atoms with Crippen LogP contribution in [0.2, 0.25) is 0 Å². The van der Waals surface area contributed by atoms with Gasteiger partial charge in [-0.1, -0.05) is 50.3 Å². The molecule has 0 aliphatic rings. The highest BCUT2D eigenvalue weighted by atomic mass is 16.6. The molecule has 0 aromatic heterocycles. The minimum atomic E-state index is -0.886. The SMILES string of the molecule is CC(C)(CC/C=C/C(=O)NO)[C@H](OC(=O)NC(=O)c1ccccc1)c1ccc(OCCO)cc1. The van der Waals surface area contributed by atoms with Crippen molar-refractivity contribution in [3.8, 4) is 5.75 Å². The number of benzene rings is 2. The fourth-order valence-corrected chi connectivity index (χ4v) is 3.29. The van der Waals surface area contributed by atoms with Crippen LogP contribution in [0.4, 0.5) is 4.79 Å². The van der Waals surface area contributed by atoms with Crippen LogP contribution in [0.5, 0.6) is 5.75 Å². The summed E-state index contributed by atoms with van der Waals surface area (Å²) in [5.74, 6) is -0.660. The molecule has 4 N–H and O–H groups in total. The normalized spacial score (nSPS) is 12.1. The number of aliphatic hydroxyl groups is 1. The quantitative estimate of drug-likeness (QED) is 0.224. The van der Waals surface area contributed by atoms with E-state index in [0.29, 0.717) is 29.7 Å². The third-order valence-corrected chi connectivity index (χ3v) is 5.06. The fourth-order valence-electron chi connectivity index (χ4n) is 3.29. The van der Waals surface area contributed by atoms with Crippen LogP contribution in [0.15, 0.2) is 66.7 Å². The summed E-state index contributed by atoms with van der Waals surface area (Å²) in [5.41, 5.74) is 1.94. The first-order valence-corrected chi connectivity index (χ1v) is 10.8. The van der Waals surface area contributed by atoms with E-state index in [2.05, 4.69) is 5.32 Å². The molecule has 3 amide bonds. The van der Waals surface area contributed by atoms with Crippen LogP contribution in [0.25, 0.3) is 0 Å². The number of hydrogen-bond donors (Lipinski definition) is 4. The first-order chi connectivity index (χ1) is 16.3. The molecular formula is C25H30N2O7. The largest absolute Gasteiger partial charge is 0.491 e. The lowest BCUT2D eigenvalue weighted by Crippen LogP contribution is -2.35. The first-order valence-electron chi connectivity index (χ1n) is 10.8. The molecule has 0 fully saturated rings. The second-order valence-corrected chi connectivity index (χ2v) is 8.15. The molecule has 0 bridgehead atoms. The second kappa shape index (κ2) is 13.1. The van der Waals surface area contributed by atoms with Gasteiger partial charge >= 0.3 is 6.09 Å². The smallest absolute Gasteiger partial charge is 0.414 e. The molecule has 0 aliphatic heterocycles. The Morgan fingerprint density at radius 1 is 1.06 bits per heavy atom. The highest BCUT2D eigenvalue weighted by Crippen LogP contribution is 2.41. The number of aliphatic hydroxyl groups excluding tert-OH is 1. The third-order valence-electron chi connectivity index (χ3n) is 5.06. The van der Waals surface area contributed by atoms with Crippen LogP contribution in [-0.2, 0) is 9.53 Å². The van der Waals surface area contributed by atoms with Crippen molar-refractivity contribution < 1.29 is 34.2 Å². The van der Waals surface area contributed by atoms with Crippen molar-refractivity contribution in [3.63, 3.8) is 0 Å². The van der Waals surface area contributed by atoms with Gasteiger partial charge in [-0.05, 0) is 42.7 Å². The van der Waals surface area contributed by atoms with Crippen LogP contribution >= 0.6 is 0 Å². The summed E-state index contributed by atoms with van der Waals surface area (Å²) in [6, 6.07) is 15.2. The maximum atomic E-state index is 12.6. The zero-order chi connectivity index (χ0) is 25.0. The van der Waals surface area contributed by atoms with E-state index in [1.165, 1.54) is 11.6 Å². The van der Waals surface area contributed by atoms with Crippen molar-refractivity contribution in [2.75, 3.05) is 13.2 Å². The standard InChI is InChI=1S/C25H30N2O7/c1-25(2,15-7-6-10-21(29)27-32)22(18-11-13-20(14-12-18)33-17-16-28)34-24(31)26-23(30)19-8-4-3-5-9-19/h3-6,8-14,22,28,32H,7,15-17H2,1-2H3,(H,27,29)(H,26,30,31)/b10-6+/t22-/m1/s1. The van der Waals surface area contributed by atoms with E-state index in [4.69, 9.17) is 19.8 Å². The molecule has 0 heterocycles. The number of carbonyl (C=O) groups is 3. The van der Waals surface area contributed by atoms with Crippen molar-refractivity contribution in [1.82, 2.24) is 10.8 Å². The van der Waals surface area contributed by atoms with E-state index in [1.807, 2.05) is 13.8 Å². The maximum Gasteiger partial charge on any atom is 0.414 e. The Morgan fingerprint density at radius 2 is 1.74 bits per heavy atom. The lowest BCUT2D eigenvalue weighted by atomic mass is 9.78. The number of imide groups is 1. The van der Waals surface area contributed by atoms with E-state index >= 15 is 0 Å². The first kappa shape index (κ1) is 26.6. The minimum absolute atomic E-state index is 0.113. The summed E-state index contributed by atoms with van der Waals surface area (Å²) in [4.78, 5) is 36.2. The molecule has 0 radical (unpaired) electrons. The maximum absolute atomic E-state index is 12.6. The second-order valence-electron chi connectivity index (χ2n) is 8.15. The van der Waals surface area contributed by atoms with Crippen LogP contribution in [0.1, 0.15) is 48.7 Å². The number of alkyl carbamates (subject to hydrolysis) is 1. The van der Waals surface area contributed by atoms with Crippen molar-refractivity contribution >= 4 is 17.9 Å². The van der Waals surface area contributed by atoms with E-state index in [-0.39, 0.29) is 13.2 Å². The number of allylic oxidation sites excluding steroid dienone is 1.